The summed E-state index contributed by atoms with van der Waals surface area (Å²) < 4.78 is 0. The summed E-state index contributed by atoms with van der Waals surface area (Å²) in [5.41, 5.74) is 2.87. The van der Waals surface area contributed by atoms with Gasteiger partial charge in [-0.25, -0.2) is 0 Å². The number of nitrogens with one attached hydrogen (secondary N) is 1. The van der Waals surface area contributed by atoms with Crippen LogP contribution in [0.2, 0.25) is 0 Å². The summed E-state index contributed by atoms with van der Waals surface area (Å²) in [6.07, 6.45) is 8.72. The minimum Gasteiger partial charge on any atom is -0.410 e. The molecule has 1 aliphatic carbocycles. The first-order valence-electron chi connectivity index (χ1n) is 6.28. The van der Waals surface area contributed by atoms with E-state index < -0.39 is 0 Å². The maximum Gasteiger partial charge on any atom is 0.175 e. The third-order valence-corrected chi connectivity index (χ3v) is 2.88. The van der Waals surface area contributed by atoms with Crippen LogP contribution >= 0.6 is 0 Å². The van der Waals surface area contributed by atoms with Crippen molar-refractivity contribution in [3.63, 3.8) is 0 Å². The lowest BCUT2D eigenvalue weighted by atomic mass is 10.0. The molecular formula is C15H16N3O2. The Morgan fingerprint density at radius 1 is 1.10 bits per heavy atom. The van der Waals surface area contributed by atoms with E-state index in [1.807, 2.05) is 49.4 Å². The molecule has 5 radical (unpaired) electrons. The Morgan fingerprint density at radius 2 is 1.80 bits per heavy atom. The summed E-state index contributed by atoms with van der Waals surface area (Å²) in [5, 5.41) is 21.5. The summed E-state index contributed by atoms with van der Waals surface area (Å²) in [6.45, 7) is 0.485. The van der Waals surface area contributed by atoms with Gasteiger partial charge >= 0.3 is 0 Å². The van der Waals surface area contributed by atoms with Crippen molar-refractivity contribution >= 4 is 11.5 Å². The van der Waals surface area contributed by atoms with Crippen LogP contribution in [0.4, 0.5) is 0 Å². The van der Waals surface area contributed by atoms with Crippen LogP contribution in [0.5, 0.6) is 0 Å². The molecule has 1 fully saturated rings. The van der Waals surface area contributed by atoms with Gasteiger partial charge in [-0.2, -0.15) is 0 Å². The summed E-state index contributed by atoms with van der Waals surface area (Å²) in [4.78, 5) is 4.23. The van der Waals surface area contributed by atoms with Gasteiger partial charge in [0.2, 0.25) is 0 Å². The van der Waals surface area contributed by atoms with Crippen LogP contribution in [-0.4, -0.2) is 28.5 Å². The van der Waals surface area contributed by atoms with E-state index in [-0.39, 0.29) is 11.5 Å². The van der Waals surface area contributed by atoms with Gasteiger partial charge in [0.15, 0.2) is 11.5 Å². The third kappa shape index (κ3) is 3.81. The van der Waals surface area contributed by atoms with Gasteiger partial charge in [0.25, 0.3) is 0 Å². The fraction of sp³-hybridized carbons (Fsp3) is 0.133. The van der Waals surface area contributed by atoms with Crippen LogP contribution in [0, 0.1) is 31.6 Å². The number of hydrogen-bond donors (Lipinski definition) is 3. The number of hydrogen-bond acceptors (Lipinski definition) is 4. The molecule has 0 aliphatic heterocycles. The molecule has 1 aromatic carbocycles. The number of aliphatic imine (C=N–C) groups is 1. The van der Waals surface area contributed by atoms with Crippen molar-refractivity contribution in [2.24, 2.45) is 10.1 Å². The molecule has 1 saturated carbocycles. The van der Waals surface area contributed by atoms with Crippen LogP contribution in [0.3, 0.4) is 0 Å². The molecule has 0 aromatic heterocycles. The second kappa shape index (κ2) is 7.65. The highest BCUT2D eigenvalue weighted by Gasteiger charge is 2.17. The van der Waals surface area contributed by atoms with Crippen molar-refractivity contribution in [1.29, 1.82) is 0 Å². The zero-order valence-electron chi connectivity index (χ0n) is 10.9. The number of nitrogens with zero attached hydrogens (tertiary/aromatic N) is 2. The molecular weight excluding hydrogens is 254 g/mol. The van der Waals surface area contributed by atoms with Crippen LogP contribution < -0.4 is 5.48 Å². The first kappa shape index (κ1) is 14.5. The number of benzene rings is 1. The molecule has 0 amide bonds. The summed E-state index contributed by atoms with van der Waals surface area (Å²) in [6, 6.07) is 9.05. The molecule has 1 aromatic rings. The molecule has 0 atom stereocenters. The van der Waals surface area contributed by atoms with E-state index in [4.69, 9.17) is 5.21 Å². The van der Waals surface area contributed by atoms with Crippen molar-refractivity contribution in [3.05, 3.63) is 67.5 Å². The molecule has 0 unspecified atom stereocenters. The molecule has 1 aliphatic rings. The van der Waals surface area contributed by atoms with Crippen LogP contribution in [0.15, 0.2) is 40.5 Å². The number of oxime groups is 1. The standard InChI is InChI=1S/C15H16N3O2/c19-17-14(13-8-2-1-3-9-13)15(18-20)16-11-10-12-6-4-5-7-12/h1-9,19-20H,10-11H2,(H,16,18)/b17-14+. The third-order valence-electron chi connectivity index (χ3n) is 2.88. The Morgan fingerprint density at radius 3 is 2.40 bits per heavy atom. The van der Waals surface area contributed by atoms with Gasteiger partial charge in [0.1, 0.15) is 0 Å². The zero-order chi connectivity index (χ0) is 14.2. The van der Waals surface area contributed by atoms with Gasteiger partial charge in [-0.15, -0.1) is 0 Å². The molecule has 5 nitrogen and oxygen atoms in total. The number of rotatable bonds is 5. The second-order valence-electron chi connectivity index (χ2n) is 4.20. The normalized spacial score (nSPS) is 17.4. The van der Waals surface area contributed by atoms with E-state index in [0.29, 0.717) is 12.1 Å². The lowest BCUT2D eigenvalue weighted by Gasteiger charge is -2.09. The molecule has 5 heteroatoms. The minimum absolute atomic E-state index is 0.144. The van der Waals surface area contributed by atoms with E-state index in [1.54, 1.807) is 12.1 Å². The zero-order valence-corrected chi connectivity index (χ0v) is 10.9. The van der Waals surface area contributed by atoms with Gasteiger partial charge in [-0.05, 0) is 38.0 Å². The van der Waals surface area contributed by atoms with E-state index in [9.17, 15) is 5.21 Å². The van der Waals surface area contributed by atoms with E-state index in [1.165, 1.54) is 5.92 Å². The summed E-state index contributed by atoms with van der Waals surface area (Å²) in [7, 11) is 0. The fourth-order valence-corrected chi connectivity index (χ4v) is 1.88. The average molecular weight is 270 g/mol. The van der Waals surface area contributed by atoms with Crippen molar-refractivity contribution in [1.82, 2.24) is 5.48 Å². The van der Waals surface area contributed by atoms with Gasteiger partial charge in [0.05, 0.1) is 0 Å². The highest BCUT2D eigenvalue weighted by molar-refractivity contribution is 6.47. The Labute approximate surface area is 119 Å². The van der Waals surface area contributed by atoms with Gasteiger partial charge in [0, 0.05) is 12.1 Å². The van der Waals surface area contributed by atoms with Crippen molar-refractivity contribution in [2.45, 2.75) is 6.42 Å². The monoisotopic (exact) mass is 270 g/mol. The van der Waals surface area contributed by atoms with Crippen molar-refractivity contribution < 1.29 is 10.4 Å². The molecule has 3 N–H and O–H groups in total. The first-order chi connectivity index (χ1) is 9.85. The van der Waals surface area contributed by atoms with E-state index in [0.717, 1.165) is 6.42 Å². The number of hydroxylamine groups is 1. The SMILES string of the molecule is O/N=C(/C(=NCC[C]1[CH][CH][CH][CH]1)NO)c1ccccc1. The molecule has 103 valence electrons. The van der Waals surface area contributed by atoms with Crippen LogP contribution in [0.1, 0.15) is 12.0 Å². The number of amidine groups is 1. The lowest BCUT2D eigenvalue weighted by molar-refractivity contribution is 0.235. The molecule has 0 heterocycles. The highest BCUT2D eigenvalue weighted by Crippen LogP contribution is 2.25. The smallest absolute Gasteiger partial charge is 0.175 e. The van der Waals surface area contributed by atoms with Crippen molar-refractivity contribution in [2.75, 3.05) is 6.54 Å². The molecule has 20 heavy (non-hydrogen) atoms. The van der Waals surface area contributed by atoms with E-state index >= 15 is 0 Å². The Balaban J connectivity index is 2.01. The van der Waals surface area contributed by atoms with Crippen LogP contribution in [0.25, 0.3) is 0 Å². The predicted octanol–water partition coefficient (Wildman–Crippen LogP) is 2.04. The maximum absolute atomic E-state index is 9.17. The Hall–Kier alpha value is -1.88. The molecule has 0 bridgehead atoms. The molecule has 2 rings (SSSR count). The predicted molar refractivity (Wildman–Crippen MR) is 77.0 cm³/mol. The maximum atomic E-state index is 9.17. The first-order valence-corrected chi connectivity index (χ1v) is 6.28. The van der Waals surface area contributed by atoms with Gasteiger partial charge in [-0.3, -0.25) is 15.7 Å². The topological polar surface area (TPSA) is 77.2 Å². The summed E-state index contributed by atoms with van der Waals surface area (Å²) >= 11 is 0. The quantitative estimate of drug-likeness (QED) is 0.331. The largest absolute Gasteiger partial charge is 0.410 e. The summed E-state index contributed by atoms with van der Waals surface area (Å²) in [5.74, 6) is 1.32. The van der Waals surface area contributed by atoms with Crippen LogP contribution in [-0.2, 0) is 0 Å². The van der Waals surface area contributed by atoms with Gasteiger partial charge < -0.3 is 5.21 Å². The van der Waals surface area contributed by atoms with Crippen molar-refractivity contribution in [3.8, 4) is 0 Å². The second-order valence-corrected chi connectivity index (χ2v) is 4.20. The Kier molecular flexibility index (Phi) is 5.55. The minimum atomic E-state index is 0.144. The molecule has 0 spiro atoms. The molecule has 0 saturated heterocycles. The van der Waals surface area contributed by atoms with Gasteiger partial charge in [-0.1, -0.05) is 35.5 Å². The fourth-order valence-electron chi connectivity index (χ4n) is 1.88. The average Bonchev–Trinajstić information content (AvgIpc) is 3.01. The van der Waals surface area contributed by atoms with E-state index in [2.05, 4.69) is 10.1 Å². The Bertz CT molecular complexity index is 465. The highest BCUT2D eigenvalue weighted by atomic mass is 16.5. The lowest BCUT2D eigenvalue weighted by Crippen LogP contribution is -2.30.